The van der Waals surface area contributed by atoms with Crippen LogP contribution in [0.4, 0.5) is 4.39 Å². The van der Waals surface area contributed by atoms with E-state index in [4.69, 9.17) is 0 Å². The second kappa shape index (κ2) is 4.01. The fraction of sp³-hybridized carbons (Fsp3) is 0.0556. The maximum atomic E-state index is 14.2. The molecule has 20 heavy (non-hydrogen) atoms. The van der Waals surface area contributed by atoms with Crippen molar-refractivity contribution in [3.05, 3.63) is 82.7 Å². The molecule has 3 aromatic carbocycles. The van der Waals surface area contributed by atoms with Gasteiger partial charge >= 0.3 is 0 Å². The van der Waals surface area contributed by atoms with Crippen LogP contribution in [0, 0.1) is 5.82 Å². The Labute approximate surface area is 115 Å². The van der Waals surface area contributed by atoms with E-state index in [-0.39, 0.29) is 11.6 Å². The van der Waals surface area contributed by atoms with E-state index in [2.05, 4.69) is 0 Å². The molecule has 0 bridgehead atoms. The molecule has 0 saturated carbocycles. The fourth-order valence-electron chi connectivity index (χ4n) is 3.02. The topological polar surface area (TPSA) is 17.1 Å². The first-order valence-corrected chi connectivity index (χ1v) is 6.58. The van der Waals surface area contributed by atoms with Crippen LogP contribution in [0.3, 0.4) is 0 Å². The van der Waals surface area contributed by atoms with Crippen molar-refractivity contribution in [2.24, 2.45) is 0 Å². The minimum atomic E-state index is -0.327. The highest BCUT2D eigenvalue weighted by Gasteiger charge is 2.25. The number of carbonyl (C=O) groups is 1. The summed E-state index contributed by atoms with van der Waals surface area (Å²) in [5.41, 5.74) is 3.14. The Morgan fingerprint density at radius 1 is 0.850 bits per heavy atom. The Kier molecular flexibility index (Phi) is 2.27. The molecule has 0 fully saturated rings. The quantitative estimate of drug-likeness (QED) is 0.466. The lowest BCUT2D eigenvalue weighted by atomic mass is 9.82. The molecule has 0 unspecified atom stereocenters. The summed E-state index contributed by atoms with van der Waals surface area (Å²) in [4.78, 5) is 12.5. The van der Waals surface area contributed by atoms with Crippen molar-refractivity contribution < 1.29 is 9.18 Å². The molecule has 1 nitrogen and oxygen atoms in total. The van der Waals surface area contributed by atoms with Crippen LogP contribution in [0.15, 0.2) is 54.6 Å². The molecule has 0 radical (unpaired) electrons. The third-order valence-electron chi connectivity index (χ3n) is 3.98. The molecular weight excluding hydrogens is 251 g/mol. The van der Waals surface area contributed by atoms with E-state index >= 15 is 0 Å². The van der Waals surface area contributed by atoms with Gasteiger partial charge in [0, 0.05) is 16.5 Å². The highest BCUT2D eigenvalue weighted by molar-refractivity contribution is 6.14. The molecule has 0 aromatic heterocycles. The van der Waals surface area contributed by atoms with Gasteiger partial charge in [-0.25, -0.2) is 4.39 Å². The largest absolute Gasteiger partial charge is 0.289 e. The fourth-order valence-corrected chi connectivity index (χ4v) is 3.02. The zero-order valence-electron chi connectivity index (χ0n) is 10.7. The first-order valence-electron chi connectivity index (χ1n) is 6.58. The molecule has 2 heteroatoms. The molecule has 4 rings (SSSR count). The predicted molar refractivity (Wildman–Crippen MR) is 76.6 cm³/mol. The van der Waals surface area contributed by atoms with Gasteiger partial charge in [-0.15, -0.1) is 0 Å². The van der Waals surface area contributed by atoms with Crippen molar-refractivity contribution in [2.45, 2.75) is 6.42 Å². The van der Waals surface area contributed by atoms with Gasteiger partial charge in [-0.05, 0) is 29.0 Å². The number of fused-ring (bicyclic) bond motifs is 4. The number of hydrogen-bond acceptors (Lipinski definition) is 1. The molecule has 0 heterocycles. The van der Waals surface area contributed by atoms with Crippen LogP contribution in [0.2, 0.25) is 0 Å². The summed E-state index contributed by atoms with van der Waals surface area (Å²) in [6, 6.07) is 16.3. The van der Waals surface area contributed by atoms with Crippen LogP contribution in [-0.4, -0.2) is 5.78 Å². The second-order valence-corrected chi connectivity index (χ2v) is 5.09. The number of hydrogen-bond donors (Lipinski definition) is 0. The average molecular weight is 262 g/mol. The maximum absolute atomic E-state index is 14.2. The highest BCUT2D eigenvalue weighted by Crippen LogP contribution is 2.33. The molecular formula is C18H11FO. The molecule has 0 amide bonds. The number of benzene rings is 3. The maximum Gasteiger partial charge on any atom is 0.193 e. The molecule has 1 aliphatic rings. The Morgan fingerprint density at radius 2 is 1.55 bits per heavy atom. The second-order valence-electron chi connectivity index (χ2n) is 5.09. The number of carbonyl (C=O) groups excluding carboxylic acids is 1. The Bertz CT molecular complexity index is 864. The van der Waals surface area contributed by atoms with Gasteiger partial charge in [0.2, 0.25) is 0 Å². The Morgan fingerprint density at radius 3 is 2.40 bits per heavy atom. The third-order valence-corrected chi connectivity index (χ3v) is 3.98. The zero-order chi connectivity index (χ0) is 13.7. The van der Waals surface area contributed by atoms with Crippen molar-refractivity contribution in [3.8, 4) is 0 Å². The van der Waals surface area contributed by atoms with E-state index in [0.29, 0.717) is 22.9 Å². The van der Waals surface area contributed by atoms with Crippen molar-refractivity contribution in [2.75, 3.05) is 0 Å². The third kappa shape index (κ3) is 1.45. The smallest absolute Gasteiger partial charge is 0.193 e. The van der Waals surface area contributed by atoms with Crippen LogP contribution >= 0.6 is 0 Å². The van der Waals surface area contributed by atoms with Crippen LogP contribution in [0.25, 0.3) is 10.8 Å². The molecule has 96 valence electrons. The first-order chi connectivity index (χ1) is 9.75. The molecule has 0 saturated heterocycles. The summed E-state index contributed by atoms with van der Waals surface area (Å²) in [5, 5.41) is 1.42. The van der Waals surface area contributed by atoms with Gasteiger partial charge in [-0.3, -0.25) is 4.79 Å². The van der Waals surface area contributed by atoms with Gasteiger partial charge in [-0.2, -0.15) is 0 Å². The molecule has 3 aromatic rings. The van der Waals surface area contributed by atoms with E-state index < -0.39 is 0 Å². The number of halogens is 1. The predicted octanol–water partition coefficient (Wildman–Crippen LogP) is 4.11. The number of rotatable bonds is 0. The number of ketones is 1. The minimum Gasteiger partial charge on any atom is -0.289 e. The van der Waals surface area contributed by atoms with Gasteiger partial charge in [0.1, 0.15) is 5.82 Å². The van der Waals surface area contributed by atoms with E-state index in [1.54, 1.807) is 6.07 Å². The lowest BCUT2D eigenvalue weighted by molar-refractivity contribution is 0.103. The van der Waals surface area contributed by atoms with Gasteiger partial charge in [-0.1, -0.05) is 48.5 Å². The van der Waals surface area contributed by atoms with E-state index in [9.17, 15) is 9.18 Å². The summed E-state index contributed by atoms with van der Waals surface area (Å²) in [6.45, 7) is 0. The molecule has 1 aliphatic carbocycles. The van der Waals surface area contributed by atoms with Crippen LogP contribution in [-0.2, 0) is 6.42 Å². The van der Waals surface area contributed by atoms with Crippen LogP contribution in [0.1, 0.15) is 27.0 Å². The highest BCUT2D eigenvalue weighted by atomic mass is 19.1. The van der Waals surface area contributed by atoms with Crippen molar-refractivity contribution in [3.63, 3.8) is 0 Å². The van der Waals surface area contributed by atoms with E-state index in [0.717, 1.165) is 16.5 Å². The van der Waals surface area contributed by atoms with Gasteiger partial charge in [0.15, 0.2) is 5.78 Å². The average Bonchev–Trinajstić information content (AvgIpc) is 2.49. The standard InChI is InChI=1S/C18H11FO/c19-17-10-16-15(13-7-3-4-8-14(13)17)9-11-5-1-2-6-12(11)18(16)20/h1-8,10H,9H2. The monoisotopic (exact) mass is 262 g/mol. The minimum absolute atomic E-state index is 0.0773. The van der Waals surface area contributed by atoms with Crippen molar-refractivity contribution >= 4 is 16.6 Å². The molecule has 0 spiro atoms. The Balaban J connectivity index is 2.09. The van der Waals surface area contributed by atoms with Crippen LogP contribution < -0.4 is 0 Å². The van der Waals surface area contributed by atoms with Crippen molar-refractivity contribution in [1.82, 2.24) is 0 Å². The SMILES string of the molecule is O=C1c2ccccc2Cc2c1cc(F)c1ccccc21. The molecule has 0 N–H and O–H groups in total. The summed E-state index contributed by atoms with van der Waals surface area (Å²) in [7, 11) is 0. The van der Waals surface area contributed by atoms with E-state index in [1.165, 1.54) is 6.07 Å². The summed E-state index contributed by atoms with van der Waals surface area (Å²) in [6.07, 6.45) is 0.679. The Hall–Kier alpha value is -2.48. The normalized spacial score (nSPS) is 13.2. The lowest BCUT2D eigenvalue weighted by Gasteiger charge is -2.20. The van der Waals surface area contributed by atoms with E-state index in [1.807, 2.05) is 42.5 Å². The first kappa shape index (κ1) is 11.4. The van der Waals surface area contributed by atoms with Gasteiger partial charge < -0.3 is 0 Å². The summed E-state index contributed by atoms with van der Waals surface area (Å²) < 4.78 is 14.2. The zero-order valence-corrected chi connectivity index (χ0v) is 10.7. The summed E-state index contributed by atoms with van der Waals surface area (Å²) >= 11 is 0. The van der Waals surface area contributed by atoms with Gasteiger partial charge in [0.05, 0.1) is 0 Å². The summed E-state index contributed by atoms with van der Waals surface area (Å²) in [5.74, 6) is -0.404. The van der Waals surface area contributed by atoms with Gasteiger partial charge in [0.25, 0.3) is 0 Å². The van der Waals surface area contributed by atoms with Crippen LogP contribution in [0.5, 0.6) is 0 Å². The molecule has 0 atom stereocenters. The lowest BCUT2D eigenvalue weighted by Crippen LogP contribution is -2.15. The molecule has 0 aliphatic heterocycles. The van der Waals surface area contributed by atoms with Crippen molar-refractivity contribution in [1.29, 1.82) is 0 Å².